The van der Waals surface area contributed by atoms with E-state index in [1.807, 2.05) is 0 Å². The predicted molar refractivity (Wildman–Crippen MR) is 282 cm³/mol. The number of rotatable bonds is 7. The van der Waals surface area contributed by atoms with Gasteiger partial charge in [-0.25, -0.2) is 0 Å². The number of hydrogen-bond donors (Lipinski definition) is 0. The minimum Gasteiger partial charge on any atom is -0.310 e. The van der Waals surface area contributed by atoms with Crippen LogP contribution in [0.4, 0.5) is 17.1 Å². The summed E-state index contributed by atoms with van der Waals surface area (Å²) in [5.74, 6) is 0. The quantitative estimate of drug-likeness (QED) is 0.145. The van der Waals surface area contributed by atoms with Gasteiger partial charge in [0.25, 0.3) is 0 Å². The molecule has 0 radical (unpaired) electrons. The van der Waals surface area contributed by atoms with Gasteiger partial charge in [-0.05, 0) is 120 Å². The number of anilines is 3. The molecule has 0 fully saturated rings. The summed E-state index contributed by atoms with van der Waals surface area (Å²) in [6.45, 7) is 0. The number of hydrogen-bond acceptors (Lipinski definition) is 1. The van der Waals surface area contributed by atoms with Crippen molar-refractivity contribution < 1.29 is 0 Å². The molecular weight excluding hydrogens is 797 g/mol. The Bertz CT molecular complexity index is 3830. The van der Waals surface area contributed by atoms with Gasteiger partial charge in [0.15, 0.2) is 0 Å². The Kier molecular flexibility index (Phi) is 8.89. The molecule has 0 saturated heterocycles. The number of benzene rings is 12. The first-order valence-corrected chi connectivity index (χ1v) is 22.8. The molecular formula is C64H42N2. The van der Waals surface area contributed by atoms with Crippen LogP contribution in [0.1, 0.15) is 0 Å². The van der Waals surface area contributed by atoms with Gasteiger partial charge in [0.1, 0.15) is 0 Å². The van der Waals surface area contributed by atoms with E-state index in [2.05, 4.69) is 264 Å². The van der Waals surface area contributed by atoms with Gasteiger partial charge in [-0.1, -0.05) is 206 Å². The summed E-state index contributed by atoms with van der Waals surface area (Å²) in [4.78, 5) is 2.47. The van der Waals surface area contributed by atoms with Gasteiger partial charge in [0, 0.05) is 33.2 Å². The Balaban J connectivity index is 1.13. The number of nitrogens with zero attached hydrogens (tertiary/aromatic N) is 2. The molecule has 0 spiro atoms. The van der Waals surface area contributed by atoms with Crippen LogP contribution in [-0.2, 0) is 0 Å². The molecule has 2 heteroatoms. The smallest absolute Gasteiger partial charge is 0.0640 e. The Morgan fingerprint density at radius 1 is 0.273 bits per heavy atom. The van der Waals surface area contributed by atoms with E-state index >= 15 is 0 Å². The molecule has 1 aromatic heterocycles. The maximum atomic E-state index is 2.54. The summed E-state index contributed by atoms with van der Waals surface area (Å²) in [5.41, 5.74) is 13.9. The van der Waals surface area contributed by atoms with Gasteiger partial charge >= 0.3 is 0 Å². The Labute approximate surface area is 383 Å². The minimum absolute atomic E-state index is 1.09. The topological polar surface area (TPSA) is 8.17 Å². The molecule has 0 amide bonds. The largest absolute Gasteiger partial charge is 0.310 e. The van der Waals surface area contributed by atoms with Crippen molar-refractivity contribution in [2.24, 2.45) is 0 Å². The molecule has 308 valence electrons. The third kappa shape index (κ3) is 6.18. The van der Waals surface area contributed by atoms with Crippen molar-refractivity contribution in [3.05, 3.63) is 255 Å². The summed E-state index contributed by atoms with van der Waals surface area (Å²) < 4.78 is 2.54. The van der Waals surface area contributed by atoms with E-state index in [1.165, 1.54) is 92.8 Å². The Hall–Kier alpha value is -8.72. The van der Waals surface area contributed by atoms with Crippen LogP contribution >= 0.6 is 0 Å². The van der Waals surface area contributed by atoms with Crippen molar-refractivity contribution in [2.75, 3.05) is 4.90 Å². The first-order chi connectivity index (χ1) is 32.7. The summed E-state index contributed by atoms with van der Waals surface area (Å²) in [6.07, 6.45) is 0. The van der Waals surface area contributed by atoms with Crippen LogP contribution < -0.4 is 4.90 Å². The monoisotopic (exact) mass is 838 g/mol. The van der Waals surface area contributed by atoms with Crippen LogP contribution in [0.5, 0.6) is 0 Å². The highest BCUT2D eigenvalue weighted by molar-refractivity contribution is 6.27. The van der Waals surface area contributed by atoms with Crippen molar-refractivity contribution >= 4 is 82.0 Å². The molecule has 0 aliphatic heterocycles. The zero-order chi connectivity index (χ0) is 43.6. The van der Waals surface area contributed by atoms with Crippen LogP contribution in [0, 0.1) is 0 Å². The van der Waals surface area contributed by atoms with E-state index in [1.54, 1.807) is 0 Å². The third-order valence-corrected chi connectivity index (χ3v) is 13.5. The fourth-order valence-corrected chi connectivity index (χ4v) is 10.4. The molecule has 0 atom stereocenters. The van der Waals surface area contributed by atoms with Crippen LogP contribution in [0.3, 0.4) is 0 Å². The van der Waals surface area contributed by atoms with Gasteiger partial charge in [-0.3, -0.25) is 0 Å². The summed E-state index contributed by atoms with van der Waals surface area (Å²) in [7, 11) is 0. The average Bonchev–Trinajstić information content (AvgIpc) is 3.75. The lowest BCUT2D eigenvalue weighted by molar-refractivity contribution is 1.19. The van der Waals surface area contributed by atoms with Crippen LogP contribution in [0.2, 0.25) is 0 Å². The van der Waals surface area contributed by atoms with Crippen molar-refractivity contribution in [3.63, 3.8) is 0 Å². The van der Waals surface area contributed by atoms with Crippen LogP contribution in [-0.4, -0.2) is 4.57 Å². The third-order valence-electron chi connectivity index (χ3n) is 13.5. The molecule has 0 bridgehead atoms. The molecule has 0 saturated carbocycles. The van der Waals surface area contributed by atoms with Gasteiger partial charge in [0.2, 0.25) is 0 Å². The van der Waals surface area contributed by atoms with Gasteiger partial charge in [-0.2, -0.15) is 0 Å². The fraction of sp³-hybridized carbons (Fsp3) is 0. The first-order valence-electron chi connectivity index (χ1n) is 22.8. The molecule has 0 aliphatic carbocycles. The van der Waals surface area contributed by atoms with E-state index in [0.717, 1.165) is 28.3 Å². The molecule has 1 heterocycles. The van der Waals surface area contributed by atoms with E-state index in [9.17, 15) is 0 Å². The predicted octanol–water partition coefficient (Wildman–Crippen LogP) is 17.9. The van der Waals surface area contributed by atoms with Gasteiger partial charge in [-0.15, -0.1) is 0 Å². The number of fused-ring (bicyclic) bond motifs is 11. The lowest BCUT2D eigenvalue weighted by atomic mass is 9.94. The molecule has 13 aromatic rings. The second-order valence-corrected chi connectivity index (χ2v) is 17.3. The highest BCUT2D eigenvalue weighted by Gasteiger charge is 2.25. The minimum atomic E-state index is 1.09. The SMILES string of the molecule is c1ccc(-c2ccc(N(c3ccc(-c4ccccc4)cc3)c3cc4ccccc4c4c3c3ccc(-c5ccccc5)cc3n4-c3ccc4c5ccccc5c5ccccc5c4c3)cc2)cc1. The maximum Gasteiger partial charge on any atom is 0.0640 e. The van der Waals surface area contributed by atoms with Crippen molar-refractivity contribution in [1.82, 2.24) is 4.57 Å². The second-order valence-electron chi connectivity index (χ2n) is 17.3. The Morgan fingerprint density at radius 2 is 0.682 bits per heavy atom. The van der Waals surface area contributed by atoms with E-state index < -0.39 is 0 Å². The van der Waals surface area contributed by atoms with Crippen LogP contribution in [0.25, 0.3) is 104 Å². The molecule has 0 aliphatic rings. The molecule has 66 heavy (non-hydrogen) atoms. The van der Waals surface area contributed by atoms with Gasteiger partial charge < -0.3 is 9.47 Å². The summed E-state index contributed by atoms with van der Waals surface area (Å²) in [5, 5.41) is 12.4. The fourth-order valence-electron chi connectivity index (χ4n) is 10.4. The maximum absolute atomic E-state index is 2.54. The second kappa shape index (κ2) is 15.5. The summed E-state index contributed by atoms with van der Waals surface area (Å²) in [6, 6.07) is 93.4. The lowest BCUT2D eigenvalue weighted by Crippen LogP contribution is -2.10. The first kappa shape index (κ1) is 37.8. The van der Waals surface area contributed by atoms with Crippen molar-refractivity contribution in [3.8, 4) is 39.1 Å². The van der Waals surface area contributed by atoms with E-state index in [-0.39, 0.29) is 0 Å². The van der Waals surface area contributed by atoms with Crippen molar-refractivity contribution in [1.29, 1.82) is 0 Å². The molecule has 13 rings (SSSR count). The highest BCUT2D eigenvalue weighted by Crippen LogP contribution is 2.48. The van der Waals surface area contributed by atoms with Crippen LogP contribution in [0.15, 0.2) is 255 Å². The standard InChI is InChI=1S/C64H42N2/c1-4-16-43(17-5-1)46-28-33-50(34-29-46)65(51-35-30-47(31-36-51)44-18-6-2-7-19-44)62-41-49-22-10-11-23-53(49)64-63(62)59-38-32-48(45-20-8-3-9-21-45)40-61(59)66(64)52-37-39-58-56-26-13-12-24-54(56)55-25-14-15-27-57(55)60(58)42-52/h1-42H. The summed E-state index contributed by atoms with van der Waals surface area (Å²) >= 11 is 0. The molecule has 12 aromatic carbocycles. The van der Waals surface area contributed by atoms with E-state index in [0.29, 0.717) is 0 Å². The normalized spacial score (nSPS) is 11.6. The number of aromatic nitrogens is 1. The van der Waals surface area contributed by atoms with E-state index in [4.69, 9.17) is 0 Å². The average molecular weight is 839 g/mol. The van der Waals surface area contributed by atoms with Gasteiger partial charge in [0.05, 0.1) is 16.7 Å². The Morgan fingerprint density at radius 3 is 1.23 bits per heavy atom. The van der Waals surface area contributed by atoms with Crippen molar-refractivity contribution in [2.45, 2.75) is 0 Å². The zero-order valence-corrected chi connectivity index (χ0v) is 36.1. The molecule has 0 unspecified atom stereocenters. The molecule has 0 N–H and O–H groups in total. The highest BCUT2D eigenvalue weighted by atomic mass is 15.1. The zero-order valence-electron chi connectivity index (χ0n) is 36.1. The molecule has 2 nitrogen and oxygen atoms in total. The lowest BCUT2D eigenvalue weighted by Gasteiger charge is -2.27.